The summed E-state index contributed by atoms with van der Waals surface area (Å²) in [4.78, 5) is 16.1. The molecule has 0 aliphatic heterocycles. The highest BCUT2D eigenvalue weighted by molar-refractivity contribution is 7.93. The molecule has 3 aromatic rings. The maximum atomic E-state index is 12.8. The Bertz CT molecular complexity index is 1090. The third-order valence-corrected chi connectivity index (χ3v) is 5.44. The van der Waals surface area contributed by atoms with Gasteiger partial charge in [0.1, 0.15) is 4.90 Å². The SMILES string of the molecule is Cc1cnc2c(S(=O)(=O)Nc3ccc(NC(=O)C(C)C)cc3)cccc2c1. The van der Waals surface area contributed by atoms with E-state index < -0.39 is 10.0 Å². The molecule has 0 spiro atoms. The Kier molecular flexibility index (Phi) is 5.14. The number of benzene rings is 2. The first-order valence-corrected chi connectivity index (χ1v) is 10.0. The molecule has 2 N–H and O–H groups in total. The van der Waals surface area contributed by atoms with E-state index in [-0.39, 0.29) is 16.7 Å². The second kappa shape index (κ2) is 7.36. The van der Waals surface area contributed by atoms with Gasteiger partial charge in [0.05, 0.1) is 5.52 Å². The molecular formula is C20H21N3O3S. The van der Waals surface area contributed by atoms with E-state index in [9.17, 15) is 13.2 Å². The summed E-state index contributed by atoms with van der Waals surface area (Å²) >= 11 is 0. The molecule has 0 atom stereocenters. The van der Waals surface area contributed by atoms with Gasteiger partial charge in [0.15, 0.2) is 0 Å². The molecule has 140 valence electrons. The summed E-state index contributed by atoms with van der Waals surface area (Å²) in [6.45, 7) is 5.51. The molecule has 1 aromatic heterocycles. The van der Waals surface area contributed by atoms with E-state index in [0.717, 1.165) is 10.9 Å². The number of anilines is 2. The number of carbonyl (C=O) groups is 1. The van der Waals surface area contributed by atoms with Crippen molar-refractivity contribution in [3.8, 4) is 0 Å². The quantitative estimate of drug-likeness (QED) is 0.698. The molecular weight excluding hydrogens is 362 g/mol. The lowest BCUT2D eigenvalue weighted by Crippen LogP contribution is -2.17. The first kappa shape index (κ1) is 18.8. The number of hydrogen-bond donors (Lipinski definition) is 2. The third kappa shape index (κ3) is 4.25. The van der Waals surface area contributed by atoms with Crippen LogP contribution < -0.4 is 10.0 Å². The average Bonchev–Trinajstić information content (AvgIpc) is 2.62. The van der Waals surface area contributed by atoms with Crippen LogP contribution in [0.4, 0.5) is 11.4 Å². The van der Waals surface area contributed by atoms with Crippen LogP contribution >= 0.6 is 0 Å². The van der Waals surface area contributed by atoms with Crippen LogP contribution in [0.5, 0.6) is 0 Å². The van der Waals surface area contributed by atoms with E-state index in [1.54, 1.807) is 50.4 Å². The highest BCUT2D eigenvalue weighted by atomic mass is 32.2. The Morgan fingerprint density at radius 3 is 2.37 bits per heavy atom. The van der Waals surface area contributed by atoms with Crippen molar-refractivity contribution in [2.24, 2.45) is 5.92 Å². The minimum atomic E-state index is -3.80. The number of aryl methyl sites for hydroxylation is 1. The van der Waals surface area contributed by atoms with E-state index in [4.69, 9.17) is 0 Å². The zero-order chi connectivity index (χ0) is 19.6. The number of amides is 1. The van der Waals surface area contributed by atoms with Crippen molar-refractivity contribution in [2.45, 2.75) is 25.7 Å². The van der Waals surface area contributed by atoms with Crippen molar-refractivity contribution in [1.82, 2.24) is 4.98 Å². The van der Waals surface area contributed by atoms with E-state index in [2.05, 4.69) is 15.0 Å². The number of para-hydroxylation sites is 1. The molecule has 0 saturated carbocycles. The van der Waals surface area contributed by atoms with Crippen molar-refractivity contribution >= 4 is 38.2 Å². The lowest BCUT2D eigenvalue weighted by Gasteiger charge is -2.12. The number of carbonyl (C=O) groups excluding carboxylic acids is 1. The van der Waals surface area contributed by atoms with Gasteiger partial charge in [-0.15, -0.1) is 0 Å². The smallest absolute Gasteiger partial charge is 0.264 e. The normalized spacial score (nSPS) is 11.6. The summed E-state index contributed by atoms with van der Waals surface area (Å²) in [5, 5.41) is 3.53. The first-order chi connectivity index (χ1) is 12.8. The van der Waals surface area contributed by atoms with Crippen LogP contribution in [0.3, 0.4) is 0 Å². The lowest BCUT2D eigenvalue weighted by molar-refractivity contribution is -0.118. The molecule has 7 heteroatoms. The summed E-state index contributed by atoms with van der Waals surface area (Å²) in [7, 11) is -3.80. The summed E-state index contributed by atoms with van der Waals surface area (Å²) in [5.74, 6) is -0.230. The van der Waals surface area contributed by atoms with Gasteiger partial charge in [-0.25, -0.2) is 8.42 Å². The third-order valence-electron chi connectivity index (χ3n) is 4.03. The fourth-order valence-electron chi connectivity index (χ4n) is 2.58. The average molecular weight is 383 g/mol. The fraction of sp³-hybridized carbons (Fsp3) is 0.200. The number of nitrogens with zero attached hydrogens (tertiary/aromatic N) is 1. The predicted molar refractivity (Wildman–Crippen MR) is 107 cm³/mol. The molecule has 27 heavy (non-hydrogen) atoms. The number of rotatable bonds is 5. The van der Waals surface area contributed by atoms with Gasteiger partial charge in [-0.1, -0.05) is 26.0 Å². The number of hydrogen-bond acceptors (Lipinski definition) is 4. The molecule has 0 bridgehead atoms. The molecule has 3 rings (SSSR count). The number of nitrogens with one attached hydrogen (secondary N) is 2. The van der Waals surface area contributed by atoms with Crippen molar-refractivity contribution in [2.75, 3.05) is 10.0 Å². The maximum absolute atomic E-state index is 12.8. The zero-order valence-corrected chi connectivity index (χ0v) is 16.2. The van der Waals surface area contributed by atoms with Gasteiger partial charge in [0, 0.05) is 28.9 Å². The Morgan fingerprint density at radius 1 is 1.04 bits per heavy atom. The molecule has 6 nitrogen and oxygen atoms in total. The van der Waals surface area contributed by atoms with Crippen LogP contribution in [0.2, 0.25) is 0 Å². The number of sulfonamides is 1. The summed E-state index contributed by atoms with van der Waals surface area (Å²) in [6, 6.07) is 13.5. The largest absolute Gasteiger partial charge is 0.326 e. The zero-order valence-electron chi connectivity index (χ0n) is 15.4. The Hall–Kier alpha value is -2.93. The number of pyridine rings is 1. The molecule has 1 heterocycles. The molecule has 0 unspecified atom stereocenters. The highest BCUT2D eigenvalue weighted by Gasteiger charge is 2.18. The topological polar surface area (TPSA) is 88.2 Å². The van der Waals surface area contributed by atoms with Crippen LogP contribution in [-0.2, 0) is 14.8 Å². The molecule has 0 radical (unpaired) electrons. The van der Waals surface area contributed by atoms with Crippen molar-refractivity contribution < 1.29 is 13.2 Å². The lowest BCUT2D eigenvalue weighted by atomic mass is 10.2. The second-order valence-corrected chi connectivity index (χ2v) is 8.32. The van der Waals surface area contributed by atoms with Crippen molar-refractivity contribution in [1.29, 1.82) is 0 Å². The Labute approximate surface area is 158 Å². The molecule has 0 aliphatic carbocycles. The van der Waals surface area contributed by atoms with Gasteiger partial charge in [0.2, 0.25) is 5.91 Å². The van der Waals surface area contributed by atoms with Gasteiger partial charge < -0.3 is 5.32 Å². The van der Waals surface area contributed by atoms with Gasteiger partial charge in [-0.05, 0) is 48.9 Å². The van der Waals surface area contributed by atoms with Crippen LogP contribution in [0.25, 0.3) is 10.9 Å². The molecule has 0 saturated heterocycles. The molecule has 2 aromatic carbocycles. The fourth-order valence-corrected chi connectivity index (χ4v) is 3.82. The monoisotopic (exact) mass is 383 g/mol. The van der Waals surface area contributed by atoms with Gasteiger partial charge in [0.25, 0.3) is 10.0 Å². The van der Waals surface area contributed by atoms with E-state index >= 15 is 0 Å². The van der Waals surface area contributed by atoms with Crippen LogP contribution in [0, 0.1) is 12.8 Å². The Balaban J connectivity index is 1.86. The van der Waals surface area contributed by atoms with Gasteiger partial charge in [-0.3, -0.25) is 14.5 Å². The second-order valence-electron chi connectivity index (χ2n) is 6.67. The van der Waals surface area contributed by atoms with E-state index in [1.807, 2.05) is 19.1 Å². The van der Waals surface area contributed by atoms with Gasteiger partial charge in [-0.2, -0.15) is 0 Å². The van der Waals surface area contributed by atoms with Crippen molar-refractivity contribution in [3.05, 3.63) is 60.3 Å². The molecule has 1 amide bonds. The first-order valence-electron chi connectivity index (χ1n) is 8.55. The minimum Gasteiger partial charge on any atom is -0.326 e. The summed E-state index contributed by atoms with van der Waals surface area (Å²) < 4.78 is 28.2. The standard InChI is InChI=1S/C20H21N3O3S/c1-13(2)20(24)22-16-7-9-17(10-8-16)23-27(25,26)18-6-4-5-15-11-14(3)12-21-19(15)18/h4-13,23H,1-3H3,(H,22,24). The van der Waals surface area contributed by atoms with Crippen molar-refractivity contribution in [3.63, 3.8) is 0 Å². The van der Waals surface area contributed by atoms with E-state index in [0.29, 0.717) is 16.9 Å². The summed E-state index contributed by atoms with van der Waals surface area (Å²) in [6.07, 6.45) is 1.65. The minimum absolute atomic E-state index is 0.0968. The highest BCUT2D eigenvalue weighted by Crippen LogP contribution is 2.24. The maximum Gasteiger partial charge on any atom is 0.264 e. The van der Waals surface area contributed by atoms with Crippen LogP contribution in [0.1, 0.15) is 19.4 Å². The van der Waals surface area contributed by atoms with Crippen LogP contribution in [0.15, 0.2) is 59.6 Å². The molecule has 0 aliphatic rings. The Morgan fingerprint density at radius 2 is 1.70 bits per heavy atom. The van der Waals surface area contributed by atoms with Gasteiger partial charge >= 0.3 is 0 Å². The number of fused-ring (bicyclic) bond motifs is 1. The van der Waals surface area contributed by atoms with Crippen LogP contribution in [-0.4, -0.2) is 19.3 Å². The predicted octanol–water partition coefficient (Wildman–Crippen LogP) is 3.94. The molecule has 0 fully saturated rings. The van der Waals surface area contributed by atoms with E-state index in [1.165, 1.54) is 6.07 Å². The summed E-state index contributed by atoms with van der Waals surface area (Å²) in [5.41, 5.74) is 2.40. The number of aromatic nitrogens is 1.